The number of anilines is 1. The topological polar surface area (TPSA) is 75.6 Å². The first kappa shape index (κ1) is 17.5. The summed E-state index contributed by atoms with van der Waals surface area (Å²) in [6.07, 6.45) is 3.63. The van der Waals surface area contributed by atoms with Gasteiger partial charge in [-0.2, -0.15) is 0 Å². The van der Waals surface area contributed by atoms with Gasteiger partial charge in [0.15, 0.2) is 0 Å². The first-order valence-corrected chi connectivity index (χ1v) is 8.74. The number of carbonyl (C=O) groups is 2. The van der Waals surface area contributed by atoms with Crippen LogP contribution in [0, 0.1) is 12.7 Å². The molecule has 2 amide bonds. The molecule has 2 saturated heterocycles. The smallest absolute Gasteiger partial charge is 0.257 e. The fraction of sp³-hybridized carbons (Fsp3) is 0.368. The lowest BCUT2D eigenvalue weighted by molar-refractivity contribution is -0.137. The standard InChI is InChI=1S/C19H19FN4O3/c1-13-21-8-14(9-22-13)18(26)23-6-5-19(11-23)12-24(17(25)10-27-19)16-4-2-3-15(20)7-16/h2-4,7-9H,5-6,10-12H2,1H3. The molecule has 2 fully saturated rings. The van der Waals surface area contributed by atoms with Crippen LogP contribution in [0.2, 0.25) is 0 Å². The highest BCUT2D eigenvalue weighted by Gasteiger charge is 2.46. The van der Waals surface area contributed by atoms with Crippen LogP contribution < -0.4 is 4.90 Å². The van der Waals surface area contributed by atoms with Crippen LogP contribution in [0.3, 0.4) is 0 Å². The van der Waals surface area contributed by atoms with Crippen molar-refractivity contribution < 1.29 is 18.7 Å². The minimum atomic E-state index is -0.651. The van der Waals surface area contributed by atoms with Gasteiger partial charge in [0, 0.05) is 24.6 Å². The third-order valence-corrected chi connectivity index (χ3v) is 5.00. The first-order chi connectivity index (χ1) is 13.0. The molecule has 1 spiro atoms. The fourth-order valence-corrected chi connectivity index (χ4v) is 3.54. The molecular formula is C19H19FN4O3. The van der Waals surface area contributed by atoms with E-state index >= 15 is 0 Å². The summed E-state index contributed by atoms with van der Waals surface area (Å²) in [4.78, 5) is 36.4. The number of aromatic nitrogens is 2. The molecule has 2 aromatic rings. The van der Waals surface area contributed by atoms with Gasteiger partial charge in [0.25, 0.3) is 11.8 Å². The summed E-state index contributed by atoms with van der Waals surface area (Å²) >= 11 is 0. The Balaban J connectivity index is 1.51. The zero-order chi connectivity index (χ0) is 19.0. The van der Waals surface area contributed by atoms with Crippen LogP contribution in [-0.2, 0) is 9.53 Å². The summed E-state index contributed by atoms with van der Waals surface area (Å²) in [6.45, 7) is 2.82. The van der Waals surface area contributed by atoms with Gasteiger partial charge in [0.2, 0.25) is 0 Å². The van der Waals surface area contributed by atoms with Gasteiger partial charge in [0.1, 0.15) is 23.8 Å². The number of likely N-dealkylation sites (tertiary alicyclic amines) is 1. The monoisotopic (exact) mass is 370 g/mol. The van der Waals surface area contributed by atoms with E-state index in [1.165, 1.54) is 29.4 Å². The van der Waals surface area contributed by atoms with Gasteiger partial charge in [0.05, 0.1) is 18.7 Å². The second-order valence-electron chi connectivity index (χ2n) is 6.93. The SMILES string of the molecule is Cc1ncc(C(=O)N2CCC3(C2)CN(c2cccc(F)c2)C(=O)CO3)cn1. The third kappa shape index (κ3) is 3.40. The van der Waals surface area contributed by atoms with E-state index in [1.54, 1.807) is 24.0 Å². The van der Waals surface area contributed by atoms with E-state index in [0.29, 0.717) is 36.6 Å². The molecule has 4 rings (SSSR count). The van der Waals surface area contributed by atoms with E-state index in [9.17, 15) is 14.0 Å². The van der Waals surface area contributed by atoms with E-state index in [0.717, 1.165) is 0 Å². The van der Waals surface area contributed by atoms with Gasteiger partial charge in [-0.3, -0.25) is 9.59 Å². The lowest BCUT2D eigenvalue weighted by Gasteiger charge is -2.40. The van der Waals surface area contributed by atoms with Gasteiger partial charge in [-0.1, -0.05) is 6.07 Å². The number of benzene rings is 1. The van der Waals surface area contributed by atoms with Crippen molar-refractivity contribution in [3.05, 3.63) is 53.9 Å². The lowest BCUT2D eigenvalue weighted by Crippen LogP contribution is -2.56. The molecule has 0 bridgehead atoms. The molecule has 8 heteroatoms. The number of hydrogen-bond donors (Lipinski definition) is 0. The fourth-order valence-electron chi connectivity index (χ4n) is 3.54. The largest absolute Gasteiger partial charge is 0.361 e. The average molecular weight is 370 g/mol. The van der Waals surface area contributed by atoms with E-state index < -0.39 is 11.4 Å². The van der Waals surface area contributed by atoms with Crippen molar-refractivity contribution in [1.29, 1.82) is 0 Å². The van der Waals surface area contributed by atoms with Crippen molar-refractivity contribution >= 4 is 17.5 Å². The Morgan fingerprint density at radius 1 is 1.26 bits per heavy atom. The number of rotatable bonds is 2. The minimum Gasteiger partial charge on any atom is -0.361 e. The Morgan fingerprint density at radius 2 is 2.04 bits per heavy atom. The highest BCUT2D eigenvalue weighted by atomic mass is 19.1. The molecule has 2 aliphatic heterocycles. The average Bonchev–Trinajstić information content (AvgIpc) is 3.08. The molecule has 0 aliphatic carbocycles. The summed E-state index contributed by atoms with van der Waals surface area (Å²) in [5, 5.41) is 0. The van der Waals surface area contributed by atoms with Crippen LogP contribution >= 0.6 is 0 Å². The van der Waals surface area contributed by atoms with Gasteiger partial charge in [-0.25, -0.2) is 14.4 Å². The van der Waals surface area contributed by atoms with E-state index in [-0.39, 0.29) is 25.0 Å². The molecular weight excluding hydrogens is 351 g/mol. The van der Waals surface area contributed by atoms with Crippen LogP contribution in [0.25, 0.3) is 0 Å². The molecule has 7 nitrogen and oxygen atoms in total. The quantitative estimate of drug-likeness (QED) is 0.802. The van der Waals surface area contributed by atoms with Crippen LogP contribution in [0.15, 0.2) is 36.7 Å². The minimum absolute atomic E-state index is 0.0911. The number of hydrogen-bond acceptors (Lipinski definition) is 5. The number of morpholine rings is 1. The normalized spacial score (nSPS) is 22.5. The Kier molecular flexibility index (Phi) is 4.35. The number of aryl methyl sites for hydroxylation is 1. The molecule has 1 aromatic heterocycles. The second-order valence-corrected chi connectivity index (χ2v) is 6.93. The summed E-state index contributed by atoms with van der Waals surface area (Å²) in [5.41, 5.74) is 0.271. The van der Waals surface area contributed by atoms with E-state index in [1.807, 2.05) is 0 Å². The Bertz CT molecular complexity index is 889. The van der Waals surface area contributed by atoms with Crippen LogP contribution in [0.4, 0.5) is 10.1 Å². The molecule has 3 heterocycles. The maximum Gasteiger partial charge on any atom is 0.257 e. The summed E-state index contributed by atoms with van der Waals surface area (Å²) in [6, 6.07) is 5.94. The Morgan fingerprint density at radius 3 is 2.78 bits per heavy atom. The first-order valence-electron chi connectivity index (χ1n) is 8.74. The number of carbonyl (C=O) groups excluding carboxylic acids is 2. The van der Waals surface area contributed by atoms with Crippen LogP contribution in [0.5, 0.6) is 0 Å². The second kappa shape index (κ2) is 6.70. The van der Waals surface area contributed by atoms with Gasteiger partial charge >= 0.3 is 0 Å². The summed E-state index contributed by atoms with van der Waals surface area (Å²) in [5.74, 6) is -0.180. The molecule has 0 saturated carbocycles. The molecule has 1 aromatic carbocycles. The predicted molar refractivity (Wildman–Crippen MR) is 94.7 cm³/mol. The molecule has 1 unspecified atom stereocenters. The highest BCUT2D eigenvalue weighted by Crippen LogP contribution is 2.32. The van der Waals surface area contributed by atoms with Crippen LogP contribution in [-0.4, -0.2) is 58.5 Å². The highest BCUT2D eigenvalue weighted by molar-refractivity contribution is 5.96. The summed E-state index contributed by atoms with van der Waals surface area (Å²) < 4.78 is 19.4. The van der Waals surface area contributed by atoms with E-state index in [2.05, 4.69) is 9.97 Å². The van der Waals surface area contributed by atoms with Crippen LogP contribution in [0.1, 0.15) is 22.6 Å². The molecule has 1 atom stereocenters. The predicted octanol–water partition coefficient (Wildman–Crippen LogP) is 1.57. The maximum absolute atomic E-state index is 13.6. The Labute approximate surface area is 155 Å². The number of halogens is 1. The van der Waals surface area contributed by atoms with E-state index in [4.69, 9.17) is 4.74 Å². The van der Waals surface area contributed by atoms with Crippen molar-refractivity contribution in [1.82, 2.24) is 14.9 Å². The van der Waals surface area contributed by atoms with Crippen molar-refractivity contribution in [2.75, 3.05) is 31.1 Å². The Hall–Kier alpha value is -2.87. The maximum atomic E-state index is 13.6. The summed E-state index contributed by atoms with van der Waals surface area (Å²) in [7, 11) is 0. The molecule has 0 N–H and O–H groups in total. The lowest BCUT2D eigenvalue weighted by atomic mass is 10.00. The number of amides is 2. The molecule has 0 radical (unpaired) electrons. The zero-order valence-electron chi connectivity index (χ0n) is 14.9. The van der Waals surface area contributed by atoms with Gasteiger partial charge in [-0.15, -0.1) is 0 Å². The molecule has 2 aliphatic rings. The zero-order valence-corrected chi connectivity index (χ0v) is 14.9. The van der Waals surface area contributed by atoms with Crippen molar-refractivity contribution in [2.24, 2.45) is 0 Å². The number of ether oxygens (including phenoxy) is 1. The van der Waals surface area contributed by atoms with Crippen molar-refractivity contribution in [2.45, 2.75) is 18.9 Å². The van der Waals surface area contributed by atoms with Gasteiger partial charge < -0.3 is 14.5 Å². The van der Waals surface area contributed by atoms with Crippen molar-refractivity contribution in [3.63, 3.8) is 0 Å². The number of nitrogens with zero attached hydrogens (tertiary/aromatic N) is 4. The molecule has 140 valence electrons. The van der Waals surface area contributed by atoms with Crippen molar-refractivity contribution in [3.8, 4) is 0 Å². The molecule has 27 heavy (non-hydrogen) atoms. The van der Waals surface area contributed by atoms with Gasteiger partial charge in [-0.05, 0) is 31.5 Å². The third-order valence-electron chi connectivity index (χ3n) is 5.00.